The molecular weight excluding hydrogens is 360 g/mol. The van der Waals surface area contributed by atoms with Gasteiger partial charge in [0.25, 0.3) is 0 Å². The van der Waals surface area contributed by atoms with Crippen LogP contribution in [0.25, 0.3) is 22.4 Å². The second-order valence-corrected chi connectivity index (χ2v) is 7.13. The van der Waals surface area contributed by atoms with Crippen LogP contribution in [0.2, 0.25) is 0 Å². The zero-order valence-corrected chi connectivity index (χ0v) is 17.0. The smallest absolute Gasteiger partial charge is 0.141 e. The molecule has 4 rings (SSSR count). The van der Waals surface area contributed by atoms with E-state index in [9.17, 15) is 0 Å². The zero-order chi connectivity index (χ0) is 20.1. The molecule has 0 aliphatic carbocycles. The Morgan fingerprint density at radius 1 is 0.862 bits per heavy atom. The Labute approximate surface area is 171 Å². The number of imidazole rings is 1. The van der Waals surface area contributed by atoms with Gasteiger partial charge in [-0.3, -0.25) is 0 Å². The molecule has 3 aromatic carbocycles. The summed E-state index contributed by atoms with van der Waals surface area (Å²) in [6.45, 7) is 3.70. The Morgan fingerprint density at radius 2 is 1.62 bits per heavy atom. The molecule has 0 radical (unpaired) electrons. The molecule has 0 bridgehead atoms. The van der Waals surface area contributed by atoms with E-state index in [4.69, 9.17) is 14.5 Å². The van der Waals surface area contributed by atoms with Gasteiger partial charge in [-0.2, -0.15) is 0 Å². The molecule has 4 heteroatoms. The van der Waals surface area contributed by atoms with Crippen LogP contribution in [0, 0.1) is 6.92 Å². The molecular formula is C25H26N2O2. The average Bonchev–Trinajstić information content (AvgIpc) is 3.13. The van der Waals surface area contributed by atoms with Crippen molar-refractivity contribution >= 4 is 11.0 Å². The maximum absolute atomic E-state index is 5.95. The predicted molar refractivity (Wildman–Crippen MR) is 118 cm³/mol. The molecule has 148 valence electrons. The summed E-state index contributed by atoms with van der Waals surface area (Å²) in [6.07, 6.45) is 2.01. The van der Waals surface area contributed by atoms with Crippen molar-refractivity contribution in [3.8, 4) is 22.9 Å². The van der Waals surface area contributed by atoms with Gasteiger partial charge in [-0.15, -0.1) is 0 Å². The van der Waals surface area contributed by atoms with E-state index in [-0.39, 0.29) is 0 Å². The monoisotopic (exact) mass is 386 g/mol. The Hall–Kier alpha value is -3.27. The minimum atomic E-state index is 0.718. The van der Waals surface area contributed by atoms with Crippen molar-refractivity contribution in [2.75, 3.05) is 13.7 Å². The minimum Gasteiger partial charge on any atom is -0.497 e. The third-order valence-corrected chi connectivity index (χ3v) is 5.13. The lowest BCUT2D eigenvalue weighted by atomic mass is 10.2. The van der Waals surface area contributed by atoms with E-state index in [1.807, 2.05) is 36.4 Å². The van der Waals surface area contributed by atoms with Crippen molar-refractivity contribution in [2.24, 2.45) is 0 Å². The summed E-state index contributed by atoms with van der Waals surface area (Å²) < 4.78 is 13.5. The standard InChI is InChI=1S/C25H26N2O2/c1-19-9-3-6-12-24(19)29-18-8-7-17-27-23-11-5-4-10-22(23)26-25(27)20-13-15-21(28-2)16-14-20/h3-6,9-16H,7-8,17-18H2,1-2H3. The van der Waals surface area contributed by atoms with Crippen molar-refractivity contribution < 1.29 is 9.47 Å². The molecule has 1 aromatic heterocycles. The van der Waals surface area contributed by atoms with Crippen LogP contribution in [-0.2, 0) is 6.54 Å². The van der Waals surface area contributed by atoms with Gasteiger partial charge in [0, 0.05) is 12.1 Å². The largest absolute Gasteiger partial charge is 0.497 e. The van der Waals surface area contributed by atoms with E-state index in [0.717, 1.165) is 59.9 Å². The SMILES string of the molecule is COc1ccc(-c2nc3ccccc3n2CCCCOc2ccccc2C)cc1. The minimum absolute atomic E-state index is 0.718. The molecule has 4 aromatic rings. The number of hydrogen-bond donors (Lipinski definition) is 0. The third kappa shape index (κ3) is 4.27. The van der Waals surface area contributed by atoms with Crippen molar-refractivity contribution in [3.05, 3.63) is 78.4 Å². The van der Waals surface area contributed by atoms with E-state index in [2.05, 4.69) is 47.9 Å². The lowest BCUT2D eigenvalue weighted by Gasteiger charge is -2.11. The van der Waals surface area contributed by atoms with Crippen LogP contribution < -0.4 is 9.47 Å². The van der Waals surface area contributed by atoms with Gasteiger partial charge in [0.2, 0.25) is 0 Å². The van der Waals surface area contributed by atoms with Gasteiger partial charge in [0.1, 0.15) is 17.3 Å². The molecule has 1 heterocycles. The topological polar surface area (TPSA) is 36.3 Å². The average molecular weight is 386 g/mol. The molecule has 0 atom stereocenters. The molecule has 0 aliphatic heterocycles. The Bertz CT molecular complexity index is 1080. The summed E-state index contributed by atoms with van der Waals surface area (Å²) in [5.41, 5.74) is 4.46. The quantitative estimate of drug-likeness (QED) is 0.355. The zero-order valence-electron chi connectivity index (χ0n) is 17.0. The predicted octanol–water partition coefficient (Wildman–Crippen LogP) is 5.88. The number of hydrogen-bond acceptors (Lipinski definition) is 3. The van der Waals surface area contributed by atoms with E-state index in [1.165, 1.54) is 5.56 Å². The third-order valence-electron chi connectivity index (χ3n) is 5.13. The highest BCUT2D eigenvalue weighted by Gasteiger charge is 2.12. The molecule has 0 amide bonds. The first kappa shape index (κ1) is 19.1. The highest BCUT2D eigenvalue weighted by atomic mass is 16.5. The van der Waals surface area contributed by atoms with Gasteiger partial charge >= 0.3 is 0 Å². The number of nitrogens with zero attached hydrogens (tertiary/aromatic N) is 2. The van der Waals surface area contributed by atoms with Crippen molar-refractivity contribution in [3.63, 3.8) is 0 Å². The Balaban J connectivity index is 1.48. The highest BCUT2D eigenvalue weighted by molar-refractivity contribution is 5.80. The summed E-state index contributed by atoms with van der Waals surface area (Å²) in [5, 5.41) is 0. The van der Waals surface area contributed by atoms with Crippen LogP contribution >= 0.6 is 0 Å². The summed E-state index contributed by atoms with van der Waals surface area (Å²) in [5.74, 6) is 2.82. The lowest BCUT2D eigenvalue weighted by Crippen LogP contribution is -2.04. The van der Waals surface area contributed by atoms with Crippen LogP contribution in [0.5, 0.6) is 11.5 Å². The fourth-order valence-corrected chi connectivity index (χ4v) is 3.53. The molecule has 0 spiro atoms. The number of aryl methyl sites for hydroxylation is 2. The van der Waals surface area contributed by atoms with Crippen LogP contribution in [-0.4, -0.2) is 23.3 Å². The van der Waals surface area contributed by atoms with Gasteiger partial charge < -0.3 is 14.0 Å². The number of fused-ring (bicyclic) bond motifs is 1. The van der Waals surface area contributed by atoms with Crippen LogP contribution in [0.15, 0.2) is 72.8 Å². The highest BCUT2D eigenvalue weighted by Crippen LogP contribution is 2.27. The van der Waals surface area contributed by atoms with Gasteiger partial charge in [-0.05, 0) is 67.8 Å². The van der Waals surface area contributed by atoms with Crippen molar-refractivity contribution in [1.29, 1.82) is 0 Å². The number of aromatic nitrogens is 2. The summed E-state index contributed by atoms with van der Waals surface area (Å²) in [4.78, 5) is 4.89. The van der Waals surface area contributed by atoms with E-state index in [0.29, 0.717) is 0 Å². The second kappa shape index (κ2) is 8.82. The second-order valence-electron chi connectivity index (χ2n) is 7.13. The maximum atomic E-state index is 5.95. The van der Waals surface area contributed by atoms with E-state index in [1.54, 1.807) is 7.11 Å². The number of methoxy groups -OCH3 is 1. The number of para-hydroxylation sites is 3. The van der Waals surface area contributed by atoms with Crippen LogP contribution in [0.3, 0.4) is 0 Å². The molecule has 0 fully saturated rings. The number of unbranched alkanes of at least 4 members (excludes halogenated alkanes) is 1. The molecule has 0 saturated carbocycles. The Morgan fingerprint density at radius 3 is 2.41 bits per heavy atom. The summed E-state index contributed by atoms with van der Waals surface area (Å²) in [7, 11) is 1.68. The molecule has 29 heavy (non-hydrogen) atoms. The molecule has 0 saturated heterocycles. The van der Waals surface area contributed by atoms with E-state index >= 15 is 0 Å². The normalized spacial score (nSPS) is 11.0. The lowest BCUT2D eigenvalue weighted by molar-refractivity contribution is 0.302. The fourth-order valence-electron chi connectivity index (χ4n) is 3.53. The maximum Gasteiger partial charge on any atom is 0.141 e. The van der Waals surface area contributed by atoms with Gasteiger partial charge in [0.05, 0.1) is 24.8 Å². The van der Waals surface area contributed by atoms with Crippen molar-refractivity contribution in [2.45, 2.75) is 26.3 Å². The molecule has 0 unspecified atom stereocenters. The summed E-state index contributed by atoms with van der Waals surface area (Å²) in [6, 6.07) is 24.6. The van der Waals surface area contributed by atoms with Gasteiger partial charge in [-0.1, -0.05) is 30.3 Å². The number of benzene rings is 3. The van der Waals surface area contributed by atoms with Gasteiger partial charge in [-0.25, -0.2) is 4.98 Å². The fraction of sp³-hybridized carbons (Fsp3) is 0.240. The number of rotatable bonds is 8. The van der Waals surface area contributed by atoms with Crippen molar-refractivity contribution in [1.82, 2.24) is 9.55 Å². The molecule has 0 N–H and O–H groups in total. The van der Waals surface area contributed by atoms with Crippen LogP contribution in [0.1, 0.15) is 18.4 Å². The summed E-state index contributed by atoms with van der Waals surface area (Å²) >= 11 is 0. The first-order chi connectivity index (χ1) is 14.3. The Kier molecular flexibility index (Phi) is 5.80. The van der Waals surface area contributed by atoms with E-state index < -0.39 is 0 Å². The first-order valence-corrected chi connectivity index (χ1v) is 10.0. The molecule has 4 nitrogen and oxygen atoms in total. The van der Waals surface area contributed by atoms with Crippen LogP contribution in [0.4, 0.5) is 0 Å². The number of ether oxygens (including phenoxy) is 2. The first-order valence-electron chi connectivity index (χ1n) is 10.0. The molecule has 0 aliphatic rings. The van der Waals surface area contributed by atoms with Gasteiger partial charge in [0.15, 0.2) is 0 Å².